The SMILES string of the molecule is CC(=O)N(C(C)=O)C(=S)S. The zero-order valence-electron chi connectivity index (χ0n) is 5.62. The van der Waals surface area contributed by atoms with E-state index in [-0.39, 0.29) is 4.32 Å². The molecule has 0 spiro atoms. The highest BCUT2D eigenvalue weighted by Gasteiger charge is 2.15. The fraction of sp³-hybridized carbons (Fsp3) is 0.400. The topological polar surface area (TPSA) is 37.4 Å². The highest BCUT2D eigenvalue weighted by atomic mass is 32.1. The number of amides is 2. The van der Waals surface area contributed by atoms with E-state index in [9.17, 15) is 9.59 Å². The standard InChI is InChI=1S/C5H7NO2S2/c1-3(7)6(4(2)8)5(9)10/h1-2H3,(H,9,10). The summed E-state index contributed by atoms with van der Waals surface area (Å²) in [6, 6.07) is 0. The largest absolute Gasteiger partial charge is 0.274 e. The monoisotopic (exact) mass is 177 g/mol. The number of thiocarbonyl (C=S) groups is 1. The fourth-order valence-corrected chi connectivity index (χ4v) is 1.03. The molecular weight excluding hydrogens is 170 g/mol. The predicted octanol–water partition coefficient (Wildman–Crippen LogP) is 0.596. The lowest BCUT2D eigenvalue weighted by Gasteiger charge is -2.12. The molecule has 0 heterocycles. The number of carbonyl (C=O) groups is 2. The summed E-state index contributed by atoms with van der Waals surface area (Å²) in [5, 5.41) is 0. The Hall–Kier alpha value is -0.420. The summed E-state index contributed by atoms with van der Waals surface area (Å²) >= 11 is 8.21. The molecule has 5 heteroatoms. The normalized spacial score (nSPS) is 8.70. The number of hydrogen-bond donors (Lipinski definition) is 1. The minimum atomic E-state index is -0.410. The predicted molar refractivity (Wildman–Crippen MR) is 44.8 cm³/mol. The third-order valence-corrected chi connectivity index (χ3v) is 1.20. The summed E-state index contributed by atoms with van der Waals surface area (Å²) in [5.41, 5.74) is 0. The van der Waals surface area contributed by atoms with Crippen molar-refractivity contribution in [2.75, 3.05) is 0 Å². The van der Waals surface area contributed by atoms with Crippen molar-refractivity contribution in [1.82, 2.24) is 4.90 Å². The highest BCUT2D eigenvalue weighted by Crippen LogP contribution is 1.97. The van der Waals surface area contributed by atoms with Gasteiger partial charge in [0.25, 0.3) is 0 Å². The van der Waals surface area contributed by atoms with E-state index in [1.54, 1.807) is 0 Å². The van der Waals surface area contributed by atoms with E-state index in [1.165, 1.54) is 13.8 Å². The number of thiol groups is 1. The number of hydrogen-bond acceptors (Lipinski definition) is 3. The molecule has 0 unspecified atom stereocenters. The fourth-order valence-electron chi connectivity index (χ4n) is 0.491. The van der Waals surface area contributed by atoms with Gasteiger partial charge in [-0.05, 0) is 0 Å². The Morgan fingerprint density at radius 1 is 1.30 bits per heavy atom. The molecule has 0 bridgehead atoms. The number of imide groups is 1. The van der Waals surface area contributed by atoms with Gasteiger partial charge in [-0.3, -0.25) is 9.59 Å². The summed E-state index contributed by atoms with van der Waals surface area (Å²) in [7, 11) is 0. The lowest BCUT2D eigenvalue weighted by molar-refractivity contribution is -0.136. The molecule has 0 aromatic rings. The average Bonchev–Trinajstić information content (AvgIpc) is 1.59. The van der Waals surface area contributed by atoms with Crippen LogP contribution < -0.4 is 0 Å². The van der Waals surface area contributed by atoms with Gasteiger partial charge in [0.15, 0.2) is 0 Å². The van der Waals surface area contributed by atoms with Crippen molar-refractivity contribution in [1.29, 1.82) is 0 Å². The Morgan fingerprint density at radius 3 is 1.60 bits per heavy atom. The van der Waals surface area contributed by atoms with Gasteiger partial charge in [0.2, 0.25) is 11.8 Å². The van der Waals surface area contributed by atoms with Gasteiger partial charge in [-0.1, -0.05) is 12.2 Å². The van der Waals surface area contributed by atoms with Gasteiger partial charge >= 0.3 is 0 Å². The number of nitrogens with zero attached hydrogens (tertiary/aromatic N) is 1. The minimum Gasteiger partial charge on any atom is -0.274 e. The maximum atomic E-state index is 10.6. The maximum Gasteiger partial charge on any atom is 0.231 e. The highest BCUT2D eigenvalue weighted by molar-refractivity contribution is 8.11. The molecule has 10 heavy (non-hydrogen) atoms. The van der Waals surface area contributed by atoms with Crippen molar-refractivity contribution in [3.63, 3.8) is 0 Å². The quantitative estimate of drug-likeness (QED) is 0.435. The van der Waals surface area contributed by atoms with Gasteiger partial charge in [0.1, 0.15) is 4.32 Å². The van der Waals surface area contributed by atoms with Crippen LogP contribution >= 0.6 is 24.8 Å². The van der Waals surface area contributed by atoms with Crippen molar-refractivity contribution in [2.24, 2.45) is 0 Å². The number of carbonyl (C=O) groups excluding carboxylic acids is 2. The first kappa shape index (κ1) is 9.58. The number of rotatable bonds is 0. The van der Waals surface area contributed by atoms with Crippen LogP contribution in [0.25, 0.3) is 0 Å². The van der Waals surface area contributed by atoms with Gasteiger partial charge < -0.3 is 0 Å². The Labute approximate surface area is 69.8 Å². The first-order valence-electron chi connectivity index (χ1n) is 2.51. The van der Waals surface area contributed by atoms with Crippen molar-refractivity contribution in [3.05, 3.63) is 0 Å². The third kappa shape index (κ3) is 2.45. The Balaban J connectivity index is 4.43. The summed E-state index contributed by atoms with van der Waals surface area (Å²) < 4.78 is -0.0139. The second-order valence-corrected chi connectivity index (χ2v) is 2.77. The van der Waals surface area contributed by atoms with E-state index in [2.05, 4.69) is 24.8 Å². The molecular formula is C5H7NO2S2. The van der Waals surface area contributed by atoms with Gasteiger partial charge in [-0.25, -0.2) is 4.90 Å². The van der Waals surface area contributed by atoms with Crippen LogP contribution in [0.15, 0.2) is 0 Å². The Kier molecular flexibility index (Phi) is 3.52. The molecule has 3 nitrogen and oxygen atoms in total. The van der Waals surface area contributed by atoms with Crippen LogP contribution in [0.2, 0.25) is 0 Å². The minimum absolute atomic E-state index is 0.0139. The zero-order chi connectivity index (χ0) is 8.31. The van der Waals surface area contributed by atoms with E-state index in [4.69, 9.17) is 0 Å². The molecule has 0 aliphatic heterocycles. The maximum absolute atomic E-state index is 10.6. The molecule has 56 valence electrons. The van der Waals surface area contributed by atoms with Crippen LogP contribution in [0.1, 0.15) is 13.8 Å². The molecule has 0 atom stereocenters. The van der Waals surface area contributed by atoms with Crippen LogP contribution in [0, 0.1) is 0 Å². The van der Waals surface area contributed by atoms with Gasteiger partial charge in [0.05, 0.1) is 0 Å². The van der Waals surface area contributed by atoms with E-state index in [1.807, 2.05) is 0 Å². The van der Waals surface area contributed by atoms with Crippen molar-refractivity contribution in [2.45, 2.75) is 13.8 Å². The van der Waals surface area contributed by atoms with Crippen LogP contribution in [0.5, 0.6) is 0 Å². The summed E-state index contributed by atoms with van der Waals surface area (Å²) in [6.07, 6.45) is 0. The second-order valence-electron chi connectivity index (χ2n) is 1.66. The van der Waals surface area contributed by atoms with Crippen LogP contribution in [0.3, 0.4) is 0 Å². The third-order valence-electron chi connectivity index (χ3n) is 0.821. The lowest BCUT2D eigenvalue weighted by Crippen LogP contribution is -2.35. The molecule has 0 radical (unpaired) electrons. The summed E-state index contributed by atoms with van der Waals surface area (Å²) in [6.45, 7) is 2.51. The molecule has 0 rings (SSSR count). The first-order valence-corrected chi connectivity index (χ1v) is 3.36. The molecule has 0 saturated carbocycles. The molecule has 0 aromatic carbocycles. The Morgan fingerprint density at radius 2 is 1.60 bits per heavy atom. The van der Waals surface area contributed by atoms with Gasteiger partial charge in [0, 0.05) is 13.8 Å². The summed E-state index contributed by atoms with van der Waals surface area (Å²) in [4.78, 5) is 22.0. The molecule has 0 saturated heterocycles. The van der Waals surface area contributed by atoms with Gasteiger partial charge in [-0.15, -0.1) is 12.6 Å². The van der Waals surface area contributed by atoms with E-state index < -0.39 is 11.8 Å². The van der Waals surface area contributed by atoms with Gasteiger partial charge in [-0.2, -0.15) is 0 Å². The molecule has 0 N–H and O–H groups in total. The van der Waals surface area contributed by atoms with Crippen molar-refractivity contribution >= 4 is 41.0 Å². The van der Waals surface area contributed by atoms with E-state index >= 15 is 0 Å². The average molecular weight is 177 g/mol. The van der Waals surface area contributed by atoms with E-state index in [0.29, 0.717) is 0 Å². The van der Waals surface area contributed by atoms with Crippen LogP contribution in [-0.4, -0.2) is 21.0 Å². The molecule has 2 amide bonds. The summed E-state index contributed by atoms with van der Waals surface area (Å²) in [5.74, 6) is -0.819. The first-order chi connectivity index (χ1) is 4.46. The molecule has 0 aromatic heterocycles. The van der Waals surface area contributed by atoms with Crippen LogP contribution in [0.4, 0.5) is 0 Å². The van der Waals surface area contributed by atoms with Crippen molar-refractivity contribution in [3.8, 4) is 0 Å². The molecule has 0 aliphatic carbocycles. The van der Waals surface area contributed by atoms with Crippen LogP contribution in [-0.2, 0) is 9.59 Å². The molecule has 0 fully saturated rings. The van der Waals surface area contributed by atoms with Crippen molar-refractivity contribution < 1.29 is 9.59 Å². The van der Waals surface area contributed by atoms with E-state index in [0.717, 1.165) is 4.90 Å². The Bertz CT molecular complexity index is 157. The molecule has 0 aliphatic rings. The lowest BCUT2D eigenvalue weighted by atomic mass is 10.5. The smallest absolute Gasteiger partial charge is 0.231 e. The zero-order valence-corrected chi connectivity index (χ0v) is 7.33. The second kappa shape index (κ2) is 3.68.